The minimum atomic E-state index is -0.251. The third kappa shape index (κ3) is 9.37. The fraction of sp³-hybridized carbons (Fsp3) is 0.842. The molecule has 0 saturated carbocycles. The predicted octanol–water partition coefficient (Wildman–Crippen LogP) is 1.42. The van der Waals surface area contributed by atoms with Gasteiger partial charge < -0.3 is 29.9 Å². The number of amides is 2. The Labute approximate surface area is 191 Å². The fourth-order valence-corrected chi connectivity index (χ4v) is 3.23. The van der Waals surface area contributed by atoms with Crippen LogP contribution in [0.25, 0.3) is 0 Å². The van der Waals surface area contributed by atoms with Crippen LogP contribution in [0.4, 0.5) is 4.79 Å². The van der Waals surface area contributed by atoms with Gasteiger partial charge in [-0.15, -0.1) is 24.0 Å². The van der Waals surface area contributed by atoms with Gasteiger partial charge in [-0.2, -0.15) is 0 Å². The number of hydrogen-bond donors (Lipinski definition) is 2. The molecule has 9 nitrogen and oxygen atoms in total. The number of halogens is 1. The molecule has 0 bridgehead atoms. The lowest BCUT2D eigenvalue weighted by molar-refractivity contribution is -0.127. The second-order valence-electron chi connectivity index (χ2n) is 7.43. The van der Waals surface area contributed by atoms with Crippen LogP contribution in [0, 0.1) is 0 Å². The van der Waals surface area contributed by atoms with Gasteiger partial charge in [-0.1, -0.05) is 0 Å². The summed E-state index contributed by atoms with van der Waals surface area (Å²) in [5.74, 6) is 0.575. The molecule has 0 radical (unpaired) electrons. The minimum absolute atomic E-state index is 0. The third-order valence-electron chi connectivity index (χ3n) is 5.00. The summed E-state index contributed by atoms with van der Waals surface area (Å²) >= 11 is 0. The maximum atomic E-state index is 11.9. The van der Waals surface area contributed by atoms with Crippen molar-refractivity contribution in [1.82, 2.24) is 20.4 Å². The van der Waals surface area contributed by atoms with Crippen LogP contribution in [0.15, 0.2) is 4.99 Å². The van der Waals surface area contributed by atoms with Gasteiger partial charge in [0.1, 0.15) is 6.54 Å². The number of rotatable bonds is 6. The normalized spacial score (nSPS) is 20.4. The predicted molar refractivity (Wildman–Crippen MR) is 123 cm³/mol. The van der Waals surface area contributed by atoms with Crippen LogP contribution in [0.2, 0.25) is 0 Å². The Morgan fingerprint density at radius 2 is 1.93 bits per heavy atom. The van der Waals surface area contributed by atoms with Crippen molar-refractivity contribution in [2.24, 2.45) is 4.99 Å². The first-order chi connectivity index (χ1) is 13.5. The van der Waals surface area contributed by atoms with E-state index in [9.17, 15) is 9.59 Å². The molecule has 2 amide bonds. The number of nitrogens with one attached hydrogen (secondary N) is 2. The van der Waals surface area contributed by atoms with Crippen molar-refractivity contribution in [3.05, 3.63) is 0 Å². The molecule has 2 aliphatic rings. The van der Waals surface area contributed by atoms with Crippen LogP contribution < -0.4 is 10.6 Å². The Morgan fingerprint density at radius 1 is 1.21 bits per heavy atom. The third-order valence-corrected chi connectivity index (χ3v) is 5.00. The molecule has 0 aromatic rings. The first kappa shape index (κ1) is 25.7. The van der Waals surface area contributed by atoms with Crippen LogP contribution in [0.3, 0.4) is 0 Å². The molecule has 2 N–H and O–H groups in total. The van der Waals surface area contributed by atoms with Crippen molar-refractivity contribution < 1.29 is 19.1 Å². The summed E-state index contributed by atoms with van der Waals surface area (Å²) in [6.45, 7) is 5.06. The molecule has 2 fully saturated rings. The quantitative estimate of drug-likeness (QED) is 0.310. The molecule has 0 aromatic carbocycles. The second kappa shape index (κ2) is 13.8. The van der Waals surface area contributed by atoms with E-state index in [2.05, 4.69) is 15.6 Å². The van der Waals surface area contributed by atoms with Crippen LogP contribution in [-0.4, -0.2) is 93.4 Å². The maximum absolute atomic E-state index is 11.9. The fourth-order valence-electron chi connectivity index (χ4n) is 3.23. The Bertz CT molecular complexity index is 533. The number of likely N-dealkylation sites (tertiary alicyclic amines) is 1. The first-order valence-electron chi connectivity index (χ1n) is 10.3. The number of aliphatic imine (C=N–C) groups is 1. The highest BCUT2D eigenvalue weighted by atomic mass is 127. The molecule has 2 aliphatic heterocycles. The van der Waals surface area contributed by atoms with Crippen molar-refractivity contribution in [1.29, 1.82) is 0 Å². The lowest BCUT2D eigenvalue weighted by atomic mass is 10.1. The van der Waals surface area contributed by atoms with Gasteiger partial charge in [0.15, 0.2) is 5.96 Å². The van der Waals surface area contributed by atoms with Gasteiger partial charge in [-0.05, 0) is 39.0 Å². The Kier molecular flexibility index (Phi) is 12.3. The number of likely N-dealkylation sites (N-methyl/N-ethyl adjacent to an activating group) is 1. The molecule has 29 heavy (non-hydrogen) atoms. The van der Waals surface area contributed by atoms with E-state index in [0.717, 1.165) is 32.3 Å². The van der Waals surface area contributed by atoms with Gasteiger partial charge in [-0.25, -0.2) is 9.79 Å². The van der Waals surface area contributed by atoms with Gasteiger partial charge in [-0.3, -0.25) is 4.79 Å². The van der Waals surface area contributed by atoms with Crippen molar-refractivity contribution >= 4 is 41.9 Å². The minimum Gasteiger partial charge on any atom is -0.450 e. The summed E-state index contributed by atoms with van der Waals surface area (Å²) in [6.07, 6.45) is 4.87. The molecule has 2 rings (SSSR count). The maximum Gasteiger partial charge on any atom is 0.409 e. The summed E-state index contributed by atoms with van der Waals surface area (Å²) in [4.78, 5) is 31.5. The zero-order valence-electron chi connectivity index (χ0n) is 17.8. The van der Waals surface area contributed by atoms with E-state index in [1.165, 1.54) is 11.3 Å². The van der Waals surface area contributed by atoms with Crippen LogP contribution in [-0.2, 0) is 14.3 Å². The number of piperidine rings is 1. The van der Waals surface area contributed by atoms with Crippen molar-refractivity contribution in [3.8, 4) is 0 Å². The summed E-state index contributed by atoms with van der Waals surface area (Å²) in [7, 11) is 3.44. The highest BCUT2D eigenvalue weighted by Gasteiger charge is 2.24. The van der Waals surface area contributed by atoms with Crippen molar-refractivity contribution in [2.75, 3.05) is 53.5 Å². The molecular weight excluding hydrogens is 489 g/mol. The zero-order chi connectivity index (χ0) is 20.4. The second-order valence-corrected chi connectivity index (χ2v) is 7.43. The lowest BCUT2D eigenvalue weighted by Crippen LogP contribution is -2.51. The Hall–Kier alpha value is -1.30. The molecule has 1 atom stereocenters. The molecule has 2 saturated heterocycles. The van der Waals surface area contributed by atoms with E-state index < -0.39 is 0 Å². The van der Waals surface area contributed by atoms with E-state index in [-0.39, 0.29) is 54.7 Å². The van der Waals surface area contributed by atoms with E-state index in [1.807, 2.05) is 6.92 Å². The van der Waals surface area contributed by atoms with E-state index in [1.54, 1.807) is 19.0 Å². The standard InChI is InChI=1S/C19H35N5O4.HI/c1-4-27-19(26)24-10-8-15(9-11-24)22-18(21-14-17(25)23(2)3)20-13-16-7-5-6-12-28-16;/h15-16H,4-14H2,1-3H3,(H2,20,21,22);1H. The van der Waals surface area contributed by atoms with E-state index >= 15 is 0 Å². The average molecular weight is 525 g/mol. The van der Waals surface area contributed by atoms with Crippen molar-refractivity contribution in [2.45, 2.75) is 51.2 Å². The number of carbonyl (C=O) groups excluding carboxylic acids is 2. The van der Waals surface area contributed by atoms with E-state index in [4.69, 9.17) is 9.47 Å². The number of ether oxygens (including phenoxy) is 2. The molecule has 0 aromatic heterocycles. The lowest BCUT2D eigenvalue weighted by Gasteiger charge is -2.32. The zero-order valence-corrected chi connectivity index (χ0v) is 20.1. The highest BCUT2D eigenvalue weighted by molar-refractivity contribution is 14.0. The summed E-state index contributed by atoms with van der Waals surface area (Å²) in [6, 6.07) is 0.193. The van der Waals surface area contributed by atoms with Crippen molar-refractivity contribution in [3.63, 3.8) is 0 Å². The van der Waals surface area contributed by atoms with Gasteiger partial charge in [0.25, 0.3) is 0 Å². The topological polar surface area (TPSA) is 95.5 Å². The highest BCUT2D eigenvalue weighted by Crippen LogP contribution is 2.13. The average Bonchev–Trinajstić information content (AvgIpc) is 2.71. The molecule has 10 heteroatoms. The van der Waals surface area contributed by atoms with Crippen LogP contribution in [0.5, 0.6) is 0 Å². The molecule has 0 aliphatic carbocycles. The molecule has 2 heterocycles. The monoisotopic (exact) mass is 525 g/mol. The number of hydrogen-bond acceptors (Lipinski definition) is 5. The van der Waals surface area contributed by atoms with Gasteiger partial charge >= 0.3 is 6.09 Å². The molecule has 168 valence electrons. The van der Waals surface area contributed by atoms with Gasteiger partial charge in [0.2, 0.25) is 5.91 Å². The smallest absolute Gasteiger partial charge is 0.409 e. The number of carbonyl (C=O) groups is 2. The van der Waals surface area contributed by atoms with Gasteiger partial charge in [0.05, 0.1) is 12.7 Å². The largest absolute Gasteiger partial charge is 0.450 e. The number of guanidine groups is 1. The first-order valence-corrected chi connectivity index (χ1v) is 10.3. The molecule has 1 unspecified atom stereocenters. The SMILES string of the molecule is CCOC(=O)N1CCC(NC(=NCC(=O)N(C)C)NCC2CCCCO2)CC1.I. The Balaban J connectivity index is 0.00000420. The molecular formula is C19H36IN5O4. The van der Waals surface area contributed by atoms with Gasteiger partial charge in [0, 0.05) is 46.4 Å². The van der Waals surface area contributed by atoms with Crippen LogP contribution in [0.1, 0.15) is 39.0 Å². The van der Waals surface area contributed by atoms with E-state index in [0.29, 0.717) is 32.2 Å². The number of nitrogens with zero attached hydrogens (tertiary/aromatic N) is 3. The molecule has 0 spiro atoms. The summed E-state index contributed by atoms with van der Waals surface area (Å²) in [5, 5.41) is 6.74. The van der Waals surface area contributed by atoms with Crippen LogP contribution >= 0.6 is 24.0 Å². The Morgan fingerprint density at radius 3 is 2.52 bits per heavy atom. The summed E-state index contributed by atoms with van der Waals surface area (Å²) in [5.41, 5.74) is 0. The summed E-state index contributed by atoms with van der Waals surface area (Å²) < 4.78 is 10.8.